The number of nitrogens with zero attached hydrogens (tertiary/aromatic N) is 3. The topological polar surface area (TPSA) is 76.3 Å². The second-order valence-electron chi connectivity index (χ2n) is 4.31. The molecule has 1 unspecified atom stereocenters. The number of anilines is 1. The van der Waals surface area contributed by atoms with Crippen molar-refractivity contribution in [2.75, 3.05) is 17.2 Å². The van der Waals surface area contributed by atoms with Gasteiger partial charge in [0.2, 0.25) is 11.7 Å². The minimum absolute atomic E-state index is 0.128. The minimum Gasteiger partial charge on any atom is -0.291 e. The normalized spacial score (nSPS) is 19.3. The van der Waals surface area contributed by atoms with E-state index in [1.54, 1.807) is 13.0 Å². The smallest absolute Gasteiger partial charge is 0.291 e. The second kappa shape index (κ2) is 4.93. The van der Waals surface area contributed by atoms with E-state index in [1.807, 2.05) is 0 Å². The molecule has 2 rings (SSSR count). The van der Waals surface area contributed by atoms with Gasteiger partial charge in [-0.05, 0) is 24.7 Å². The van der Waals surface area contributed by atoms with Crippen LogP contribution in [-0.4, -0.2) is 28.1 Å². The molecule has 1 aliphatic rings. The maximum absolute atomic E-state index is 11.9. The Hall–Kier alpha value is -1.63. The zero-order valence-corrected chi connectivity index (χ0v) is 10.8. The number of aryl methyl sites for hydroxylation is 1. The van der Waals surface area contributed by atoms with E-state index in [9.17, 15) is 14.9 Å². The third-order valence-corrected chi connectivity index (χ3v) is 3.43. The lowest BCUT2D eigenvalue weighted by Gasteiger charge is -2.15. The van der Waals surface area contributed by atoms with Gasteiger partial charge in [0, 0.05) is 24.7 Å². The number of thiol groups is 1. The predicted octanol–water partition coefficient (Wildman–Crippen LogP) is 1.58. The first-order valence-electron chi connectivity index (χ1n) is 5.56. The summed E-state index contributed by atoms with van der Waals surface area (Å²) < 4.78 is 0. The Morgan fingerprint density at radius 2 is 2.33 bits per heavy atom. The molecule has 0 bridgehead atoms. The van der Waals surface area contributed by atoms with Crippen LogP contribution in [0.1, 0.15) is 12.1 Å². The summed E-state index contributed by atoms with van der Waals surface area (Å²) in [6.07, 6.45) is 0.371. The van der Waals surface area contributed by atoms with Crippen LogP contribution < -0.4 is 4.90 Å². The van der Waals surface area contributed by atoms with Crippen molar-refractivity contribution in [3.05, 3.63) is 27.9 Å². The van der Waals surface area contributed by atoms with Gasteiger partial charge in [0.1, 0.15) is 0 Å². The molecule has 0 aromatic carbocycles. The summed E-state index contributed by atoms with van der Waals surface area (Å²) in [5.41, 5.74) is 0.520. The van der Waals surface area contributed by atoms with Crippen LogP contribution in [-0.2, 0) is 4.79 Å². The molecule has 0 N–H and O–H groups in total. The lowest BCUT2D eigenvalue weighted by atomic mass is 10.1. The molecule has 0 saturated carbocycles. The molecule has 96 valence electrons. The molecule has 0 aliphatic carbocycles. The Morgan fingerprint density at radius 1 is 1.61 bits per heavy atom. The first-order valence-corrected chi connectivity index (χ1v) is 6.19. The van der Waals surface area contributed by atoms with Gasteiger partial charge in [-0.25, -0.2) is 4.98 Å². The molecule has 1 fully saturated rings. The molecule has 0 spiro atoms. The van der Waals surface area contributed by atoms with E-state index in [4.69, 9.17) is 0 Å². The fourth-order valence-corrected chi connectivity index (χ4v) is 2.23. The van der Waals surface area contributed by atoms with Gasteiger partial charge < -0.3 is 0 Å². The molecule has 0 radical (unpaired) electrons. The average molecular weight is 267 g/mol. The zero-order chi connectivity index (χ0) is 13.3. The van der Waals surface area contributed by atoms with Crippen molar-refractivity contribution in [1.82, 2.24) is 4.98 Å². The summed E-state index contributed by atoms with van der Waals surface area (Å²) in [7, 11) is 0. The highest BCUT2D eigenvalue weighted by Gasteiger charge is 2.34. The zero-order valence-electron chi connectivity index (χ0n) is 9.87. The summed E-state index contributed by atoms with van der Waals surface area (Å²) in [5, 5.41) is 11.0. The van der Waals surface area contributed by atoms with Crippen molar-refractivity contribution < 1.29 is 9.72 Å². The van der Waals surface area contributed by atoms with Crippen LogP contribution >= 0.6 is 12.6 Å². The Morgan fingerprint density at radius 3 is 2.89 bits per heavy atom. The summed E-state index contributed by atoms with van der Waals surface area (Å²) in [4.78, 5) is 27.8. The molecule has 6 nitrogen and oxygen atoms in total. The largest absolute Gasteiger partial charge is 0.312 e. The Kier molecular flexibility index (Phi) is 3.51. The van der Waals surface area contributed by atoms with Crippen molar-refractivity contribution in [3.63, 3.8) is 0 Å². The molecular weight excluding hydrogens is 254 g/mol. The number of carbonyl (C=O) groups excluding carboxylic acids is 1. The Bertz CT molecular complexity index is 506. The summed E-state index contributed by atoms with van der Waals surface area (Å²) >= 11 is 4.16. The van der Waals surface area contributed by atoms with Gasteiger partial charge in [-0.3, -0.25) is 19.8 Å². The molecule has 7 heteroatoms. The molecule has 18 heavy (non-hydrogen) atoms. The number of hydrogen-bond donors (Lipinski definition) is 1. The fourth-order valence-electron chi connectivity index (χ4n) is 1.99. The number of aromatic nitrogens is 1. The number of rotatable bonds is 3. The minimum atomic E-state index is -0.511. The van der Waals surface area contributed by atoms with E-state index in [-0.39, 0.29) is 23.3 Å². The molecule has 1 aromatic rings. The van der Waals surface area contributed by atoms with Crippen LogP contribution in [0.5, 0.6) is 0 Å². The number of carbonyl (C=O) groups is 1. The molecular formula is C11H13N3O3S. The number of pyridine rings is 1. The van der Waals surface area contributed by atoms with Crippen LogP contribution in [0.4, 0.5) is 11.5 Å². The monoisotopic (exact) mass is 267 g/mol. The van der Waals surface area contributed by atoms with Crippen LogP contribution in [0.25, 0.3) is 0 Å². The van der Waals surface area contributed by atoms with Gasteiger partial charge in [0.25, 0.3) is 0 Å². The molecule has 1 atom stereocenters. The van der Waals surface area contributed by atoms with Gasteiger partial charge in [-0.15, -0.1) is 0 Å². The van der Waals surface area contributed by atoms with Crippen molar-refractivity contribution in [2.45, 2.75) is 13.3 Å². The second-order valence-corrected chi connectivity index (χ2v) is 4.67. The van der Waals surface area contributed by atoms with Crippen molar-refractivity contribution in [3.8, 4) is 0 Å². The number of amides is 1. The lowest BCUT2D eigenvalue weighted by molar-refractivity contribution is -0.384. The lowest BCUT2D eigenvalue weighted by Crippen LogP contribution is -2.26. The van der Waals surface area contributed by atoms with E-state index in [1.165, 1.54) is 11.0 Å². The number of nitro groups is 1. The summed E-state index contributed by atoms with van der Waals surface area (Å²) in [6, 6.07) is 2.96. The van der Waals surface area contributed by atoms with Gasteiger partial charge >= 0.3 is 5.69 Å². The van der Waals surface area contributed by atoms with E-state index >= 15 is 0 Å². The molecule has 1 aliphatic heterocycles. The molecule has 2 heterocycles. The van der Waals surface area contributed by atoms with Crippen molar-refractivity contribution in [2.24, 2.45) is 5.92 Å². The van der Waals surface area contributed by atoms with Gasteiger partial charge in [-0.1, -0.05) is 0 Å². The summed E-state index contributed by atoms with van der Waals surface area (Å²) in [6.45, 7) is 2.18. The van der Waals surface area contributed by atoms with Crippen LogP contribution in [0.15, 0.2) is 12.1 Å². The third kappa shape index (κ3) is 2.31. The van der Waals surface area contributed by atoms with Gasteiger partial charge in [-0.2, -0.15) is 12.6 Å². The van der Waals surface area contributed by atoms with Crippen molar-refractivity contribution >= 4 is 30.0 Å². The highest BCUT2D eigenvalue weighted by molar-refractivity contribution is 7.80. The van der Waals surface area contributed by atoms with Gasteiger partial charge in [0.05, 0.1) is 4.92 Å². The molecule has 1 aromatic heterocycles. The standard InChI is InChI=1S/C11H13N3O3S/c1-7-2-3-9(14(16)17)11(12-7)13-5-8(6-18)4-10(13)15/h2-3,8,18H,4-6H2,1H3. The maximum Gasteiger partial charge on any atom is 0.312 e. The first-order chi connectivity index (χ1) is 8.52. The average Bonchev–Trinajstić information content (AvgIpc) is 2.70. The van der Waals surface area contributed by atoms with Crippen LogP contribution in [0.2, 0.25) is 0 Å². The van der Waals surface area contributed by atoms with Crippen molar-refractivity contribution in [1.29, 1.82) is 0 Å². The third-order valence-electron chi connectivity index (χ3n) is 2.91. The van der Waals surface area contributed by atoms with Crippen LogP contribution in [0, 0.1) is 23.0 Å². The van der Waals surface area contributed by atoms with E-state index in [0.717, 1.165) is 0 Å². The molecule has 1 amide bonds. The number of hydrogen-bond acceptors (Lipinski definition) is 5. The molecule has 1 saturated heterocycles. The SMILES string of the molecule is Cc1ccc([N+](=O)[O-])c(N2CC(CS)CC2=O)n1. The van der Waals surface area contributed by atoms with Gasteiger partial charge in [0.15, 0.2) is 0 Å². The summed E-state index contributed by atoms with van der Waals surface area (Å²) in [5.74, 6) is 0.731. The van der Waals surface area contributed by atoms with E-state index in [2.05, 4.69) is 17.6 Å². The quantitative estimate of drug-likeness (QED) is 0.512. The highest BCUT2D eigenvalue weighted by Crippen LogP contribution is 2.31. The first kappa shape index (κ1) is 12.8. The van der Waals surface area contributed by atoms with E-state index < -0.39 is 4.92 Å². The maximum atomic E-state index is 11.9. The fraction of sp³-hybridized carbons (Fsp3) is 0.455. The van der Waals surface area contributed by atoms with E-state index in [0.29, 0.717) is 24.4 Å². The predicted molar refractivity (Wildman–Crippen MR) is 69.9 cm³/mol. The van der Waals surface area contributed by atoms with Crippen LogP contribution in [0.3, 0.4) is 0 Å². The Labute approximate surface area is 110 Å². The highest BCUT2D eigenvalue weighted by atomic mass is 32.1. The Balaban J connectivity index is 2.41.